The van der Waals surface area contributed by atoms with Gasteiger partial charge in [0.1, 0.15) is 5.75 Å². The molecule has 3 aromatic carbocycles. The van der Waals surface area contributed by atoms with E-state index in [1.165, 1.54) is 0 Å². The number of phenolic OH excluding ortho intramolecular Hbond substituents is 1. The van der Waals surface area contributed by atoms with Gasteiger partial charge in [-0.1, -0.05) is 72.8 Å². The quantitative estimate of drug-likeness (QED) is 0.222. The first-order valence-electron chi connectivity index (χ1n) is 13.2. The van der Waals surface area contributed by atoms with Gasteiger partial charge in [-0.3, -0.25) is 4.79 Å². The molecule has 6 nitrogen and oxygen atoms in total. The maximum atomic E-state index is 13.1. The predicted octanol–water partition coefficient (Wildman–Crippen LogP) is 3.76. The van der Waals surface area contributed by atoms with Crippen molar-refractivity contribution in [2.45, 2.75) is 57.8 Å². The molecule has 202 valence electrons. The van der Waals surface area contributed by atoms with Gasteiger partial charge in [0.2, 0.25) is 5.91 Å². The minimum absolute atomic E-state index is 0.211. The smallest absolute Gasteiger partial charge is 0.226 e. The van der Waals surface area contributed by atoms with E-state index in [0.29, 0.717) is 25.8 Å². The van der Waals surface area contributed by atoms with Crippen LogP contribution in [-0.4, -0.2) is 46.0 Å². The monoisotopic (exact) mass is 516 g/mol. The van der Waals surface area contributed by atoms with Gasteiger partial charge in [-0.05, 0) is 79.5 Å². The van der Waals surface area contributed by atoms with Gasteiger partial charge in [-0.2, -0.15) is 0 Å². The number of benzene rings is 3. The van der Waals surface area contributed by atoms with Crippen LogP contribution in [0.2, 0.25) is 0 Å². The van der Waals surface area contributed by atoms with Crippen molar-refractivity contribution >= 4 is 5.91 Å². The van der Waals surface area contributed by atoms with Crippen LogP contribution < -0.4 is 11.1 Å². The van der Waals surface area contributed by atoms with E-state index in [1.807, 2.05) is 74.5 Å². The summed E-state index contributed by atoms with van der Waals surface area (Å²) in [5.41, 5.74) is 11.2. The maximum absolute atomic E-state index is 13.1. The van der Waals surface area contributed by atoms with Crippen LogP contribution in [0.1, 0.15) is 34.2 Å². The normalized spacial score (nSPS) is 14.7. The van der Waals surface area contributed by atoms with Crippen molar-refractivity contribution in [3.63, 3.8) is 0 Å². The Balaban J connectivity index is 1.59. The van der Waals surface area contributed by atoms with Gasteiger partial charge in [0.25, 0.3) is 0 Å². The molecule has 0 bridgehead atoms. The minimum atomic E-state index is -1.02. The Morgan fingerprint density at radius 3 is 2.11 bits per heavy atom. The van der Waals surface area contributed by atoms with Gasteiger partial charge in [-0.15, -0.1) is 0 Å². The highest BCUT2D eigenvalue weighted by Gasteiger charge is 2.25. The number of nitrogens with two attached hydrogens (primary N) is 1. The number of hydrogen-bond acceptors (Lipinski definition) is 5. The van der Waals surface area contributed by atoms with E-state index >= 15 is 0 Å². The molecule has 38 heavy (non-hydrogen) atoms. The van der Waals surface area contributed by atoms with Crippen LogP contribution in [0.5, 0.6) is 5.75 Å². The van der Waals surface area contributed by atoms with Gasteiger partial charge in [0, 0.05) is 12.6 Å². The molecule has 1 amide bonds. The number of aliphatic hydroxyl groups excluding tert-OH is 2. The van der Waals surface area contributed by atoms with Crippen molar-refractivity contribution < 1.29 is 20.1 Å². The molecular formula is C32H40N2O4. The molecule has 6 N–H and O–H groups in total. The van der Waals surface area contributed by atoms with Gasteiger partial charge in [0.15, 0.2) is 0 Å². The summed E-state index contributed by atoms with van der Waals surface area (Å²) in [6.07, 6.45) is 3.26. The van der Waals surface area contributed by atoms with Crippen LogP contribution in [0, 0.1) is 19.8 Å². The first kappa shape index (κ1) is 29.1. The molecule has 0 aliphatic carbocycles. The topological polar surface area (TPSA) is 116 Å². The Labute approximate surface area is 225 Å². The second-order valence-corrected chi connectivity index (χ2v) is 9.97. The number of phenols is 1. The summed E-state index contributed by atoms with van der Waals surface area (Å²) in [5, 5.41) is 34.3. The van der Waals surface area contributed by atoms with E-state index in [-0.39, 0.29) is 18.1 Å². The molecule has 4 unspecified atom stereocenters. The Morgan fingerprint density at radius 1 is 0.921 bits per heavy atom. The number of aromatic hydroxyl groups is 1. The van der Waals surface area contributed by atoms with E-state index < -0.39 is 24.2 Å². The van der Waals surface area contributed by atoms with Crippen LogP contribution >= 0.6 is 0 Å². The van der Waals surface area contributed by atoms with Crippen molar-refractivity contribution in [2.24, 2.45) is 11.7 Å². The molecule has 0 saturated heterocycles. The number of carbonyl (C=O) groups excluding carboxylic acids is 1. The zero-order valence-electron chi connectivity index (χ0n) is 22.3. The van der Waals surface area contributed by atoms with Crippen molar-refractivity contribution in [3.8, 4) is 5.75 Å². The number of carbonyl (C=O) groups is 1. The van der Waals surface area contributed by atoms with Crippen LogP contribution in [0.3, 0.4) is 0 Å². The molecule has 3 aromatic rings. The molecule has 0 heterocycles. The third-order valence-electron chi connectivity index (χ3n) is 6.93. The molecule has 0 fully saturated rings. The van der Waals surface area contributed by atoms with Gasteiger partial charge < -0.3 is 26.4 Å². The predicted molar refractivity (Wildman–Crippen MR) is 152 cm³/mol. The summed E-state index contributed by atoms with van der Waals surface area (Å²) in [6.45, 7) is 4.30. The lowest BCUT2D eigenvalue weighted by atomic mass is 9.91. The largest absolute Gasteiger partial charge is 0.508 e. The molecule has 0 saturated carbocycles. The van der Waals surface area contributed by atoms with Gasteiger partial charge in [0.05, 0.1) is 18.1 Å². The molecule has 0 spiro atoms. The lowest BCUT2D eigenvalue weighted by molar-refractivity contribution is -0.127. The van der Waals surface area contributed by atoms with Crippen molar-refractivity contribution in [1.82, 2.24) is 5.32 Å². The minimum Gasteiger partial charge on any atom is -0.508 e. The summed E-state index contributed by atoms with van der Waals surface area (Å²) in [7, 11) is 0. The summed E-state index contributed by atoms with van der Waals surface area (Å²) in [6, 6.07) is 22.4. The van der Waals surface area contributed by atoms with E-state index in [9.17, 15) is 20.1 Å². The molecule has 0 aliphatic rings. The highest BCUT2D eigenvalue weighted by Crippen LogP contribution is 2.23. The summed E-state index contributed by atoms with van der Waals surface area (Å²) in [4.78, 5) is 13.1. The lowest BCUT2D eigenvalue weighted by Crippen LogP contribution is -2.39. The molecule has 6 heteroatoms. The van der Waals surface area contributed by atoms with Gasteiger partial charge in [-0.25, -0.2) is 0 Å². The molecule has 4 atom stereocenters. The van der Waals surface area contributed by atoms with Crippen LogP contribution in [0.25, 0.3) is 0 Å². The van der Waals surface area contributed by atoms with Crippen LogP contribution in [0.4, 0.5) is 0 Å². The molecule has 0 aromatic heterocycles. The second-order valence-electron chi connectivity index (χ2n) is 9.97. The standard InChI is InChI=1S/C32H40N2O4/c1-22-18-26(35)19-23(2)27(22)21-29(33)31(37)15-9-14-30(36)28(20-25-12-7-4-8-13-25)32(38)34-17-16-24-10-5-3-6-11-24/h3-14,18-19,28-31,35-37H,15-17,20-21,33H2,1-2H3,(H,34,38)/b14-9+. The molecule has 0 radical (unpaired) electrons. The fourth-order valence-electron chi connectivity index (χ4n) is 4.67. The number of amides is 1. The Kier molecular flexibility index (Phi) is 11.1. The average molecular weight is 517 g/mol. The third-order valence-corrected chi connectivity index (χ3v) is 6.93. The first-order valence-corrected chi connectivity index (χ1v) is 13.2. The highest BCUT2D eigenvalue weighted by molar-refractivity contribution is 5.79. The first-order chi connectivity index (χ1) is 18.2. The highest BCUT2D eigenvalue weighted by atomic mass is 16.3. The van der Waals surface area contributed by atoms with E-state index in [1.54, 1.807) is 24.3 Å². The maximum Gasteiger partial charge on any atom is 0.226 e. The summed E-state index contributed by atoms with van der Waals surface area (Å²) >= 11 is 0. The number of aliphatic hydroxyl groups is 2. The van der Waals surface area contributed by atoms with Crippen molar-refractivity contribution in [2.75, 3.05) is 6.54 Å². The number of nitrogens with one attached hydrogen (secondary N) is 1. The van der Waals surface area contributed by atoms with E-state index in [4.69, 9.17) is 5.73 Å². The Morgan fingerprint density at radius 2 is 1.50 bits per heavy atom. The van der Waals surface area contributed by atoms with Gasteiger partial charge >= 0.3 is 0 Å². The fraction of sp³-hybridized carbons (Fsp3) is 0.344. The van der Waals surface area contributed by atoms with Crippen LogP contribution in [0.15, 0.2) is 84.9 Å². The summed E-state index contributed by atoms with van der Waals surface area (Å²) < 4.78 is 0. The van der Waals surface area contributed by atoms with Crippen molar-refractivity contribution in [1.29, 1.82) is 0 Å². The Hall–Kier alpha value is -3.45. The van der Waals surface area contributed by atoms with Crippen LogP contribution in [-0.2, 0) is 24.1 Å². The lowest BCUT2D eigenvalue weighted by Gasteiger charge is -2.22. The molecular weight excluding hydrogens is 476 g/mol. The van der Waals surface area contributed by atoms with E-state index in [0.717, 1.165) is 27.8 Å². The van der Waals surface area contributed by atoms with Crippen molar-refractivity contribution in [3.05, 3.63) is 113 Å². The SMILES string of the molecule is Cc1cc(O)cc(C)c1CC(N)C(O)C/C=C/C(O)C(Cc1ccccc1)C(=O)NCCc1ccccc1. The third kappa shape index (κ3) is 8.84. The number of rotatable bonds is 13. The number of hydrogen-bond donors (Lipinski definition) is 5. The number of aryl methyl sites for hydroxylation is 2. The summed E-state index contributed by atoms with van der Waals surface area (Å²) in [5.74, 6) is -0.668. The zero-order chi connectivity index (χ0) is 27.5. The Bertz CT molecular complexity index is 1160. The zero-order valence-corrected chi connectivity index (χ0v) is 22.3. The molecule has 0 aliphatic heterocycles. The second kappa shape index (κ2) is 14.5. The average Bonchev–Trinajstić information content (AvgIpc) is 2.90. The fourth-order valence-corrected chi connectivity index (χ4v) is 4.67. The van der Waals surface area contributed by atoms with E-state index in [2.05, 4.69) is 5.32 Å². The molecule has 3 rings (SSSR count).